The number of amides is 1. The first-order chi connectivity index (χ1) is 9.16. The summed E-state index contributed by atoms with van der Waals surface area (Å²) in [6.07, 6.45) is 2.63. The highest BCUT2D eigenvalue weighted by Gasteiger charge is 2.20. The van der Waals surface area contributed by atoms with E-state index in [0.29, 0.717) is 18.3 Å². The first kappa shape index (κ1) is 13.9. The summed E-state index contributed by atoms with van der Waals surface area (Å²) >= 11 is 0. The Morgan fingerprint density at radius 3 is 3.00 bits per heavy atom. The van der Waals surface area contributed by atoms with Gasteiger partial charge in [-0.25, -0.2) is 0 Å². The van der Waals surface area contributed by atoms with Crippen LogP contribution >= 0.6 is 0 Å². The van der Waals surface area contributed by atoms with Gasteiger partial charge in [0.2, 0.25) is 5.91 Å². The third-order valence-electron chi connectivity index (χ3n) is 3.70. The fourth-order valence-electron chi connectivity index (χ4n) is 2.51. The minimum Gasteiger partial charge on any atom is -0.384 e. The molecule has 0 spiro atoms. The van der Waals surface area contributed by atoms with Gasteiger partial charge in [0.15, 0.2) is 0 Å². The fraction of sp³-hybridized carbons (Fsp3) is 0.562. The van der Waals surface area contributed by atoms with Crippen LogP contribution in [0.25, 0.3) is 0 Å². The van der Waals surface area contributed by atoms with E-state index in [9.17, 15) is 4.79 Å². The van der Waals surface area contributed by atoms with Crippen molar-refractivity contribution in [3.05, 3.63) is 29.8 Å². The van der Waals surface area contributed by atoms with Crippen molar-refractivity contribution in [3.8, 4) is 0 Å². The van der Waals surface area contributed by atoms with E-state index in [1.807, 2.05) is 0 Å². The molecule has 1 aromatic rings. The first-order valence-electron chi connectivity index (χ1n) is 7.26. The van der Waals surface area contributed by atoms with Crippen molar-refractivity contribution in [2.45, 2.75) is 39.0 Å². The Morgan fingerprint density at radius 2 is 2.21 bits per heavy atom. The van der Waals surface area contributed by atoms with Crippen LogP contribution in [0.2, 0.25) is 0 Å². The number of hydrogen-bond donors (Lipinski definition) is 2. The van der Waals surface area contributed by atoms with E-state index in [0.717, 1.165) is 25.9 Å². The van der Waals surface area contributed by atoms with Crippen molar-refractivity contribution in [2.24, 2.45) is 5.92 Å². The average molecular weight is 260 g/mol. The zero-order chi connectivity index (χ0) is 13.7. The Kier molecular flexibility index (Phi) is 4.83. The van der Waals surface area contributed by atoms with Gasteiger partial charge in [-0.2, -0.15) is 0 Å². The molecule has 2 N–H and O–H groups in total. The SMILES string of the molecule is CC(C)CCC(=O)NCCC1CNc2ccccc21. The molecule has 3 heteroatoms. The Balaban J connectivity index is 1.71. The summed E-state index contributed by atoms with van der Waals surface area (Å²) in [4.78, 5) is 11.6. The number of nitrogens with one attached hydrogen (secondary N) is 2. The van der Waals surface area contributed by atoms with Crippen LogP contribution in [0.4, 0.5) is 5.69 Å². The predicted octanol–water partition coefficient (Wildman–Crippen LogP) is 3.14. The molecule has 0 fully saturated rings. The van der Waals surface area contributed by atoms with E-state index in [2.05, 4.69) is 48.7 Å². The predicted molar refractivity (Wildman–Crippen MR) is 79.4 cm³/mol. The standard InChI is InChI=1S/C16H24N2O/c1-12(2)7-8-16(19)17-10-9-13-11-18-15-6-4-3-5-14(13)15/h3-6,12-13,18H,7-11H2,1-2H3,(H,17,19). The Bertz CT molecular complexity index is 429. The van der Waals surface area contributed by atoms with Gasteiger partial charge in [-0.15, -0.1) is 0 Å². The second kappa shape index (κ2) is 6.60. The molecule has 1 atom stereocenters. The number of rotatable bonds is 6. The second-order valence-corrected chi connectivity index (χ2v) is 5.74. The number of hydrogen-bond acceptors (Lipinski definition) is 2. The highest BCUT2D eigenvalue weighted by atomic mass is 16.1. The first-order valence-corrected chi connectivity index (χ1v) is 7.26. The van der Waals surface area contributed by atoms with Crippen molar-refractivity contribution >= 4 is 11.6 Å². The molecule has 1 aliphatic rings. The van der Waals surface area contributed by atoms with Crippen LogP contribution in [0.5, 0.6) is 0 Å². The molecule has 0 aliphatic carbocycles. The molecule has 1 heterocycles. The molecule has 104 valence electrons. The van der Waals surface area contributed by atoms with Gasteiger partial charge in [-0.1, -0.05) is 32.0 Å². The lowest BCUT2D eigenvalue weighted by Gasteiger charge is -2.11. The lowest BCUT2D eigenvalue weighted by molar-refractivity contribution is -0.121. The maximum absolute atomic E-state index is 11.6. The normalized spacial score (nSPS) is 17.1. The molecule has 1 unspecified atom stereocenters. The Morgan fingerprint density at radius 1 is 1.42 bits per heavy atom. The monoisotopic (exact) mass is 260 g/mol. The summed E-state index contributed by atoms with van der Waals surface area (Å²) in [6, 6.07) is 8.44. The van der Waals surface area contributed by atoms with Crippen LogP contribution in [0.1, 0.15) is 44.6 Å². The molecule has 1 amide bonds. The van der Waals surface area contributed by atoms with Gasteiger partial charge in [0.25, 0.3) is 0 Å². The Labute approximate surface area is 115 Å². The van der Waals surface area contributed by atoms with Gasteiger partial charge in [0.1, 0.15) is 0 Å². The van der Waals surface area contributed by atoms with Crippen molar-refractivity contribution in [3.63, 3.8) is 0 Å². The van der Waals surface area contributed by atoms with Crippen LogP contribution in [-0.4, -0.2) is 19.0 Å². The van der Waals surface area contributed by atoms with Gasteiger partial charge in [-0.05, 0) is 30.4 Å². The summed E-state index contributed by atoms with van der Waals surface area (Å²) in [5, 5.41) is 6.44. The summed E-state index contributed by atoms with van der Waals surface area (Å²) in [7, 11) is 0. The third kappa shape index (κ3) is 3.98. The van der Waals surface area contributed by atoms with Crippen molar-refractivity contribution in [1.82, 2.24) is 5.32 Å². The van der Waals surface area contributed by atoms with Gasteiger partial charge >= 0.3 is 0 Å². The van der Waals surface area contributed by atoms with Crippen molar-refractivity contribution in [2.75, 3.05) is 18.4 Å². The third-order valence-corrected chi connectivity index (χ3v) is 3.70. The Hall–Kier alpha value is -1.51. The number of carbonyl (C=O) groups is 1. The zero-order valence-corrected chi connectivity index (χ0v) is 11.9. The molecule has 3 nitrogen and oxygen atoms in total. The van der Waals surface area contributed by atoms with Gasteiger partial charge in [0, 0.05) is 31.1 Å². The summed E-state index contributed by atoms with van der Waals surface area (Å²) < 4.78 is 0. The van der Waals surface area contributed by atoms with Gasteiger partial charge < -0.3 is 10.6 Å². The minimum absolute atomic E-state index is 0.188. The smallest absolute Gasteiger partial charge is 0.220 e. The van der Waals surface area contributed by atoms with Crippen LogP contribution < -0.4 is 10.6 Å². The van der Waals surface area contributed by atoms with Crippen LogP contribution in [0.15, 0.2) is 24.3 Å². The van der Waals surface area contributed by atoms with E-state index in [1.54, 1.807) is 0 Å². The summed E-state index contributed by atoms with van der Waals surface area (Å²) in [6.45, 7) is 6.06. The van der Waals surface area contributed by atoms with Crippen molar-refractivity contribution in [1.29, 1.82) is 0 Å². The zero-order valence-electron chi connectivity index (χ0n) is 11.9. The molecule has 0 radical (unpaired) electrons. The quantitative estimate of drug-likeness (QED) is 0.825. The van der Waals surface area contributed by atoms with E-state index in [4.69, 9.17) is 0 Å². The van der Waals surface area contributed by atoms with E-state index in [-0.39, 0.29) is 5.91 Å². The minimum atomic E-state index is 0.188. The maximum Gasteiger partial charge on any atom is 0.220 e. The summed E-state index contributed by atoms with van der Waals surface area (Å²) in [5.74, 6) is 1.31. The number of fused-ring (bicyclic) bond motifs is 1. The number of carbonyl (C=O) groups excluding carboxylic acids is 1. The second-order valence-electron chi connectivity index (χ2n) is 5.74. The molecule has 0 aromatic heterocycles. The molecule has 1 aromatic carbocycles. The average Bonchev–Trinajstić information content (AvgIpc) is 2.80. The highest BCUT2D eigenvalue weighted by Crippen LogP contribution is 2.32. The van der Waals surface area contributed by atoms with Gasteiger partial charge in [-0.3, -0.25) is 4.79 Å². The lowest BCUT2D eigenvalue weighted by Crippen LogP contribution is -2.26. The number of para-hydroxylation sites is 1. The largest absolute Gasteiger partial charge is 0.384 e. The van der Waals surface area contributed by atoms with E-state index in [1.165, 1.54) is 11.3 Å². The van der Waals surface area contributed by atoms with Crippen molar-refractivity contribution < 1.29 is 4.79 Å². The lowest BCUT2D eigenvalue weighted by atomic mass is 9.98. The van der Waals surface area contributed by atoms with Crippen LogP contribution in [0.3, 0.4) is 0 Å². The van der Waals surface area contributed by atoms with Crippen LogP contribution in [0, 0.1) is 5.92 Å². The molecule has 0 saturated carbocycles. The molecule has 1 aliphatic heterocycles. The number of anilines is 1. The van der Waals surface area contributed by atoms with Gasteiger partial charge in [0.05, 0.1) is 0 Å². The molecule has 0 saturated heterocycles. The topological polar surface area (TPSA) is 41.1 Å². The summed E-state index contributed by atoms with van der Waals surface area (Å²) in [5.41, 5.74) is 2.64. The molecular weight excluding hydrogens is 236 g/mol. The van der Waals surface area contributed by atoms with E-state index < -0.39 is 0 Å². The molecule has 2 rings (SSSR count). The van der Waals surface area contributed by atoms with E-state index >= 15 is 0 Å². The number of benzene rings is 1. The molecular formula is C16H24N2O. The molecule has 0 bridgehead atoms. The van der Waals surface area contributed by atoms with Crippen LogP contribution in [-0.2, 0) is 4.79 Å². The maximum atomic E-state index is 11.6. The molecule has 19 heavy (non-hydrogen) atoms. The highest BCUT2D eigenvalue weighted by molar-refractivity contribution is 5.75. The fourth-order valence-corrected chi connectivity index (χ4v) is 2.51.